The SMILES string of the molecule is CCOc1ccccc1NC(=O)c1cnc(Nc2cc(C)ccc2C)cn1. The topological polar surface area (TPSA) is 76.1 Å². The third kappa shape index (κ3) is 4.61. The predicted octanol–water partition coefficient (Wildman–Crippen LogP) is 4.49. The van der Waals surface area contributed by atoms with Gasteiger partial charge in [0.25, 0.3) is 5.91 Å². The number of anilines is 3. The number of rotatable bonds is 6. The van der Waals surface area contributed by atoms with Crippen molar-refractivity contribution in [3.63, 3.8) is 0 Å². The van der Waals surface area contributed by atoms with Crippen molar-refractivity contribution in [2.75, 3.05) is 17.2 Å². The molecule has 2 aromatic carbocycles. The number of para-hydroxylation sites is 2. The molecule has 0 spiro atoms. The van der Waals surface area contributed by atoms with Crippen molar-refractivity contribution in [1.29, 1.82) is 0 Å². The predicted molar refractivity (Wildman–Crippen MR) is 107 cm³/mol. The van der Waals surface area contributed by atoms with Crippen molar-refractivity contribution in [2.45, 2.75) is 20.8 Å². The van der Waals surface area contributed by atoms with Crippen molar-refractivity contribution in [3.8, 4) is 5.75 Å². The number of carbonyl (C=O) groups excluding carboxylic acids is 1. The minimum atomic E-state index is -0.340. The molecule has 0 radical (unpaired) electrons. The summed E-state index contributed by atoms with van der Waals surface area (Å²) in [5, 5.41) is 6.04. The minimum absolute atomic E-state index is 0.229. The molecule has 27 heavy (non-hydrogen) atoms. The molecular weight excluding hydrogens is 340 g/mol. The third-order valence-electron chi connectivity index (χ3n) is 3.98. The Morgan fingerprint density at radius 1 is 1.04 bits per heavy atom. The molecule has 1 amide bonds. The largest absolute Gasteiger partial charge is 0.492 e. The fourth-order valence-electron chi connectivity index (χ4n) is 2.56. The Morgan fingerprint density at radius 2 is 1.85 bits per heavy atom. The van der Waals surface area contributed by atoms with Crippen LogP contribution in [0.5, 0.6) is 5.75 Å². The van der Waals surface area contributed by atoms with Crippen LogP contribution in [0.3, 0.4) is 0 Å². The first-order valence-corrected chi connectivity index (χ1v) is 8.76. The van der Waals surface area contributed by atoms with E-state index in [0.29, 0.717) is 23.9 Å². The summed E-state index contributed by atoms with van der Waals surface area (Å²) in [5.41, 5.74) is 4.06. The maximum atomic E-state index is 12.4. The van der Waals surface area contributed by atoms with Gasteiger partial charge in [0.05, 0.1) is 24.7 Å². The van der Waals surface area contributed by atoms with E-state index in [1.54, 1.807) is 12.3 Å². The van der Waals surface area contributed by atoms with E-state index in [4.69, 9.17) is 4.74 Å². The van der Waals surface area contributed by atoms with Gasteiger partial charge in [0, 0.05) is 5.69 Å². The van der Waals surface area contributed by atoms with Gasteiger partial charge in [-0.3, -0.25) is 4.79 Å². The van der Waals surface area contributed by atoms with Gasteiger partial charge >= 0.3 is 0 Å². The van der Waals surface area contributed by atoms with E-state index in [1.807, 2.05) is 51.1 Å². The Kier molecular flexibility index (Phi) is 5.66. The van der Waals surface area contributed by atoms with Crippen LogP contribution in [0.4, 0.5) is 17.2 Å². The summed E-state index contributed by atoms with van der Waals surface area (Å²) in [5.74, 6) is 0.859. The lowest BCUT2D eigenvalue weighted by atomic mass is 10.1. The van der Waals surface area contributed by atoms with Gasteiger partial charge in [-0.05, 0) is 50.1 Å². The number of hydrogen-bond acceptors (Lipinski definition) is 5. The van der Waals surface area contributed by atoms with Crippen molar-refractivity contribution >= 4 is 23.1 Å². The zero-order valence-electron chi connectivity index (χ0n) is 15.6. The summed E-state index contributed by atoms with van der Waals surface area (Å²) < 4.78 is 5.52. The van der Waals surface area contributed by atoms with Crippen LogP contribution in [0, 0.1) is 13.8 Å². The molecule has 0 bridgehead atoms. The zero-order chi connectivity index (χ0) is 19.2. The molecule has 0 saturated carbocycles. The van der Waals surface area contributed by atoms with Gasteiger partial charge in [-0.2, -0.15) is 0 Å². The summed E-state index contributed by atoms with van der Waals surface area (Å²) >= 11 is 0. The molecular formula is C21H22N4O2. The molecule has 0 unspecified atom stereocenters. The van der Waals surface area contributed by atoms with E-state index in [-0.39, 0.29) is 11.6 Å². The van der Waals surface area contributed by atoms with Crippen LogP contribution in [0.1, 0.15) is 28.5 Å². The van der Waals surface area contributed by atoms with Crippen LogP contribution in [-0.4, -0.2) is 22.5 Å². The van der Waals surface area contributed by atoms with E-state index in [2.05, 4.69) is 26.7 Å². The minimum Gasteiger partial charge on any atom is -0.492 e. The lowest BCUT2D eigenvalue weighted by Crippen LogP contribution is -2.15. The van der Waals surface area contributed by atoms with Gasteiger partial charge in [0.1, 0.15) is 17.3 Å². The first kappa shape index (κ1) is 18.4. The summed E-state index contributed by atoms with van der Waals surface area (Å²) in [4.78, 5) is 21.0. The van der Waals surface area contributed by atoms with Crippen molar-refractivity contribution < 1.29 is 9.53 Å². The Bertz CT molecular complexity index is 939. The number of ether oxygens (including phenoxy) is 1. The molecule has 6 nitrogen and oxygen atoms in total. The van der Waals surface area contributed by atoms with E-state index in [9.17, 15) is 4.79 Å². The first-order chi connectivity index (χ1) is 13.1. The summed E-state index contributed by atoms with van der Waals surface area (Å²) in [6.45, 7) is 6.47. The lowest BCUT2D eigenvalue weighted by molar-refractivity contribution is 0.102. The maximum absolute atomic E-state index is 12.4. The summed E-state index contributed by atoms with van der Waals surface area (Å²) in [6, 6.07) is 13.4. The second-order valence-electron chi connectivity index (χ2n) is 6.11. The Hall–Kier alpha value is -3.41. The van der Waals surface area contributed by atoms with Gasteiger partial charge in [-0.25, -0.2) is 9.97 Å². The number of benzene rings is 2. The molecule has 138 valence electrons. The van der Waals surface area contributed by atoms with Crippen LogP contribution in [0.15, 0.2) is 54.9 Å². The molecule has 0 aliphatic heterocycles. The van der Waals surface area contributed by atoms with Gasteiger partial charge in [0.15, 0.2) is 0 Å². The molecule has 1 heterocycles. The Labute approximate surface area is 158 Å². The molecule has 3 rings (SSSR count). The molecule has 0 atom stereocenters. The van der Waals surface area contributed by atoms with Crippen LogP contribution in [-0.2, 0) is 0 Å². The first-order valence-electron chi connectivity index (χ1n) is 8.76. The third-order valence-corrected chi connectivity index (χ3v) is 3.98. The second kappa shape index (κ2) is 8.31. The van der Waals surface area contributed by atoms with E-state index in [0.717, 1.165) is 16.8 Å². The molecule has 1 aromatic heterocycles. The monoisotopic (exact) mass is 362 g/mol. The lowest BCUT2D eigenvalue weighted by Gasteiger charge is -2.11. The van der Waals surface area contributed by atoms with Crippen LogP contribution >= 0.6 is 0 Å². The van der Waals surface area contributed by atoms with Gasteiger partial charge in [0.2, 0.25) is 0 Å². The van der Waals surface area contributed by atoms with Crippen LogP contribution < -0.4 is 15.4 Å². The van der Waals surface area contributed by atoms with Crippen LogP contribution in [0.2, 0.25) is 0 Å². The number of aryl methyl sites for hydroxylation is 2. The molecule has 0 fully saturated rings. The fraction of sp³-hybridized carbons (Fsp3) is 0.190. The van der Waals surface area contributed by atoms with Crippen molar-refractivity contribution in [3.05, 3.63) is 71.7 Å². The Balaban J connectivity index is 1.71. The highest BCUT2D eigenvalue weighted by molar-refractivity contribution is 6.03. The number of nitrogens with one attached hydrogen (secondary N) is 2. The van der Waals surface area contributed by atoms with Gasteiger partial charge in [-0.15, -0.1) is 0 Å². The molecule has 0 aliphatic rings. The average Bonchev–Trinajstić information content (AvgIpc) is 2.67. The molecule has 6 heteroatoms. The highest BCUT2D eigenvalue weighted by Crippen LogP contribution is 2.24. The second-order valence-corrected chi connectivity index (χ2v) is 6.11. The molecule has 0 saturated heterocycles. The summed E-state index contributed by atoms with van der Waals surface area (Å²) in [7, 11) is 0. The normalized spacial score (nSPS) is 10.3. The maximum Gasteiger partial charge on any atom is 0.275 e. The zero-order valence-corrected chi connectivity index (χ0v) is 15.6. The number of aromatic nitrogens is 2. The number of nitrogens with zero attached hydrogens (tertiary/aromatic N) is 2. The standard InChI is InChI=1S/C21H22N4O2/c1-4-27-19-8-6-5-7-16(19)25-21(26)18-12-23-20(13-22-18)24-17-11-14(2)9-10-15(17)3/h5-13H,4H2,1-3H3,(H,23,24)(H,25,26). The van der Waals surface area contributed by atoms with Gasteiger partial charge in [-0.1, -0.05) is 24.3 Å². The van der Waals surface area contributed by atoms with E-state index >= 15 is 0 Å². The fourth-order valence-corrected chi connectivity index (χ4v) is 2.56. The van der Waals surface area contributed by atoms with Crippen LogP contribution in [0.25, 0.3) is 0 Å². The van der Waals surface area contributed by atoms with Crippen molar-refractivity contribution in [2.24, 2.45) is 0 Å². The van der Waals surface area contributed by atoms with E-state index in [1.165, 1.54) is 6.20 Å². The molecule has 2 N–H and O–H groups in total. The number of carbonyl (C=O) groups is 1. The molecule has 0 aliphatic carbocycles. The van der Waals surface area contributed by atoms with E-state index < -0.39 is 0 Å². The average molecular weight is 362 g/mol. The highest BCUT2D eigenvalue weighted by atomic mass is 16.5. The highest BCUT2D eigenvalue weighted by Gasteiger charge is 2.12. The van der Waals surface area contributed by atoms with Crippen molar-refractivity contribution in [1.82, 2.24) is 9.97 Å². The quantitative estimate of drug-likeness (QED) is 0.676. The Morgan fingerprint density at radius 3 is 2.59 bits per heavy atom. The smallest absolute Gasteiger partial charge is 0.275 e. The number of amides is 1. The van der Waals surface area contributed by atoms with Gasteiger partial charge < -0.3 is 15.4 Å². The summed E-state index contributed by atoms with van der Waals surface area (Å²) in [6.07, 6.45) is 3.00. The molecule has 3 aromatic rings. The number of hydrogen-bond donors (Lipinski definition) is 2.